The molecule has 0 aliphatic rings. The first-order valence-corrected chi connectivity index (χ1v) is 6.26. The van der Waals surface area contributed by atoms with Crippen LogP contribution in [0.2, 0.25) is 10.0 Å². The van der Waals surface area contributed by atoms with Gasteiger partial charge >= 0.3 is 0 Å². The Bertz CT molecular complexity index is 553. The summed E-state index contributed by atoms with van der Waals surface area (Å²) in [6.45, 7) is 3.94. The van der Waals surface area contributed by atoms with Gasteiger partial charge in [0.2, 0.25) is 0 Å². The number of rotatable bonds is 2. The average molecular weight is 279 g/mol. The second-order valence-electron chi connectivity index (χ2n) is 4.06. The second kappa shape index (κ2) is 5.51. The molecular formula is C14H12Cl2N2. The largest absolute Gasteiger partial charge is 0.150 e. The van der Waals surface area contributed by atoms with Crippen molar-refractivity contribution in [1.82, 2.24) is 0 Å². The topological polar surface area (TPSA) is 24.7 Å². The molecule has 0 aliphatic carbocycles. The van der Waals surface area contributed by atoms with Gasteiger partial charge in [0.15, 0.2) is 0 Å². The summed E-state index contributed by atoms with van der Waals surface area (Å²) in [6, 6.07) is 11.1. The molecule has 92 valence electrons. The maximum absolute atomic E-state index is 5.93. The lowest BCUT2D eigenvalue weighted by Crippen LogP contribution is -1.75. The minimum absolute atomic E-state index is 0.650. The van der Waals surface area contributed by atoms with E-state index in [2.05, 4.69) is 10.2 Å². The van der Waals surface area contributed by atoms with E-state index in [1.165, 1.54) is 0 Å². The molecule has 0 saturated carbocycles. The van der Waals surface area contributed by atoms with Gasteiger partial charge in [0.25, 0.3) is 0 Å². The summed E-state index contributed by atoms with van der Waals surface area (Å²) in [5, 5.41) is 9.74. The van der Waals surface area contributed by atoms with Crippen LogP contribution in [0.3, 0.4) is 0 Å². The number of hydrogen-bond acceptors (Lipinski definition) is 2. The summed E-state index contributed by atoms with van der Waals surface area (Å²) in [4.78, 5) is 0. The van der Waals surface area contributed by atoms with Gasteiger partial charge in [-0.2, -0.15) is 10.2 Å². The molecule has 0 unspecified atom stereocenters. The third-order valence-corrected chi connectivity index (χ3v) is 3.08. The van der Waals surface area contributed by atoms with E-state index < -0.39 is 0 Å². The molecule has 2 rings (SSSR count). The first-order valence-electron chi connectivity index (χ1n) is 5.50. The molecule has 2 aromatic carbocycles. The van der Waals surface area contributed by atoms with Crippen LogP contribution in [-0.4, -0.2) is 0 Å². The van der Waals surface area contributed by atoms with E-state index in [9.17, 15) is 0 Å². The van der Waals surface area contributed by atoms with Crippen LogP contribution in [0.1, 0.15) is 11.1 Å². The Kier molecular flexibility index (Phi) is 4.00. The van der Waals surface area contributed by atoms with Crippen LogP contribution in [0.5, 0.6) is 0 Å². The highest BCUT2D eigenvalue weighted by atomic mass is 35.5. The van der Waals surface area contributed by atoms with Crippen molar-refractivity contribution in [2.24, 2.45) is 10.2 Å². The molecule has 2 aromatic rings. The van der Waals surface area contributed by atoms with E-state index in [1.807, 2.05) is 38.1 Å². The van der Waals surface area contributed by atoms with Crippen LogP contribution < -0.4 is 0 Å². The van der Waals surface area contributed by atoms with E-state index in [4.69, 9.17) is 23.2 Å². The summed E-state index contributed by atoms with van der Waals surface area (Å²) in [5.41, 5.74) is 3.59. The first kappa shape index (κ1) is 13.1. The van der Waals surface area contributed by atoms with E-state index in [1.54, 1.807) is 12.1 Å². The normalized spacial score (nSPS) is 11.1. The molecule has 0 radical (unpaired) electrons. The van der Waals surface area contributed by atoms with Crippen molar-refractivity contribution in [3.8, 4) is 0 Å². The highest BCUT2D eigenvalue weighted by molar-refractivity contribution is 6.31. The van der Waals surface area contributed by atoms with Crippen molar-refractivity contribution < 1.29 is 0 Å². The van der Waals surface area contributed by atoms with Gasteiger partial charge in [-0.3, -0.25) is 0 Å². The number of halogens is 2. The molecule has 2 nitrogen and oxygen atoms in total. The number of aryl methyl sites for hydroxylation is 2. The van der Waals surface area contributed by atoms with E-state index in [0.29, 0.717) is 10.0 Å². The standard InChI is InChI=1S/C14H12Cl2N2/c1-9-3-5-11(15)7-13(9)17-18-14-8-12(16)6-4-10(14)2/h3-8H,1-2H3. The van der Waals surface area contributed by atoms with Gasteiger partial charge in [0.05, 0.1) is 11.4 Å². The molecule has 0 fully saturated rings. The Morgan fingerprint density at radius 2 is 1.11 bits per heavy atom. The van der Waals surface area contributed by atoms with Crippen LogP contribution in [0.25, 0.3) is 0 Å². The molecule has 0 aromatic heterocycles. The summed E-state index contributed by atoms with van der Waals surface area (Å²) in [6.07, 6.45) is 0. The van der Waals surface area contributed by atoms with Crippen molar-refractivity contribution in [3.05, 3.63) is 57.6 Å². The van der Waals surface area contributed by atoms with E-state index in [0.717, 1.165) is 22.5 Å². The number of nitrogens with zero attached hydrogens (tertiary/aromatic N) is 2. The Hall–Kier alpha value is -1.38. The van der Waals surface area contributed by atoms with E-state index in [-0.39, 0.29) is 0 Å². The van der Waals surface area contributed by atoms with Gasteiger partial charge in [-0.15, -0.1) is 0 Å². The third kappa shape index (κ3) is 3.09. The van der Waals surface area contributed by atoms with Crippen LogP contribution in [0.4, 0.5) is 11.4 Å². The van der Waals surface area contributed by atoms with Gasteiger partial charge in [-0.1, -0.05) is 35.3 Å². The molecule has 4 heteroatoms. The van der Waals surface area contributed by atoms with Crippen molar-refractivity contribution in [3.63, 3.8) is 0 Å². The maximum atomic E-state index is 5.93. The molecule has 0 bridgehead atoms. The smallest absolute Gasteiger partial charge is 0.0901 e. The van der Waals surface area contributed by atoms with Crippen molar-refractivity contribution in [2.45, 2.75) is 13.8 Å². The minimum atomic E-state index is 0.650. The van der Waals surface area contributed by atoms with Crippen LogP contribution in [-0.2, 0) is 0 Å². The summed E-state index contributed by atoms with van der Waals surface area (Å²) in [7, 11) is 0. The molecule has 0 N–H and O–H groups in total. The molecular weight excluding hydrogens is 267 g/mol. The molecule has 18 heavy (non-hydrogen) atoms. The number of benzene rings is 2. The van der Waals surface area contributed by atoms with Crippen LogP contribution in [0, 0.1) is 13.8 Å². The summed E-state index contributed by atoms with van der Waals surface area (Å²) < 4.78 is 0. The Labute approximate surface area is 116 Å². The van der Waals surface area contributed by atoms with E-state index >= 15 is 0 Å². The fraction of sp³-hybridized carbons (Fsp3) is 0.143. The highest BCUT2D eigenvalue weighted by Gasteiger charge is 2.00. The predicted octanol–water partition coefficient (Wildman–Crippen LogP) is 6.03. The SMILES string of the molecule is Cc1ccc(Cl)cc1N=Nc1cc(Cl)ccc1C. The number of azo groups is 1. The van der Waals surface area contributed by atoms with Crippen molar-refractivity contribution in [2.75, 3.05) is 0 Å². The third-order valence-electron chi connectivity index (χ3n) is 2.61. The van der Waals surface area contributed by atoms with Crippen LogP contribution in [0.15, 0.2) is 46.6 Å². The van der Waals surface area contributed by atoms with Crippen molar-refractivity contribution in [1.29, 1.82) is 0 Å². The lowest BCUT2D eigenvalue weighted by atomic mass is 10.2. The lowest BCUT2D eigenvalue weighted by molar-refractivity contribution is 1.19. The van der Waals surface area contributed by atoms with Gasteiger partial charge in [0, 0.05) is 10.0 Å². The van der Waals surface area contributed by atoms with Gasteiger partial charge < -0.3 is 0 Å². The number of hydrogen-bond donors (Lipinski definition) is 0. The maximum Gasteiger partial charge on any atom is 0.0901 e. The zero-order chi connectivity index (χ0) is 13.1. The lowest BCUT2D eigenvalue weighted by Gasteiger charge is -2.01. The van der Waals surface area contributed by atoms with Crippen molar-refractivity contribution >= 4 is 34.6 Å². The highest BCUT2D eigenvalue weighted by Crippen LogP contribution is 2.28. The fourth-order valence-electron chi connectivity index (χ4n) is 1.49. The second-order valence-corrected chi connectivity index (χ2v) is 4.93. The molecule has 0 spiro atoms. The Morgan fingerprint density at radius 1 is 0.722 bits per heavy atom. The average Bonchev–Trinajstić information content (AvgIpc) is 2.34. The van der Waals surface area contributed by atoms with Gasteiger partial charge in [-0.25, -0.2) is 0 Å². The zero-order valence-electron chi connectivity index (χ0n) is 10.1. The zero-order valence-corrected chi connectivity index (χ0v) is 11.6. The Morgan fingerprint density at radius 3 is 1.50 bits per heavy atom. The summed E-state index contributed by atoms with van der Waals surface area (Å²) in [5.74, 6) is 0. The minimum Gasteiger partial charge on any atom is -0.150 e. The van der Waals surface area contributed by atoms with Gasteiger partial charge in [-0.05, 0) is 49.2 Å². The first-order chi connectivity index (χ1) is 8.56. The molecule has 0 saturated heterocycles. The monoisotopic (exact) mass is 278 g/mol. The molecule has 0 atom stereocenters. The predicted molar refractivity (Wildman–Crippen MR) is 76.6 cm³/mol. The fourth-order valence-corrected chi connectivity index (χ4v) is 1.82. The molecule has 0 amide bonds. The Balaban J connectivity index is 2.35. The summed E-state index contributed by atoms with van der Waals surface area (Å²) >= 11 is 11.9. The van der Waals surface area contributed by atoms with Gasteiger partial charge in [0.1, 0.15) is 0 Å². The molecule has 0 aliphatic heterocycles. The van der Waals surface area contributed by atoms with Crippen LogP contribution >= 0.6 is 23.2 Å². The quantitative estimate of drug-likeness (QED) is 0.600. The molecule has 0 heterocycles.